The zero-order chi connectivity index (χ0) is 11.1. The molecule has 0 bridgehead atoms. The molecule has 2 rings (SSSR count). The van der Waals surface area contributed by atoms with Crippen molar-refractivity contribution in [3.8, 4) is 0 Å². The van der Waals surface area contributed by atoms with Gasteiger partial charge in [-0.05, 0) is 23.6 Å². The van der Waals surface area contributed by atoms with E-state index in [0.717, 1.165) is 21.7 Å². The van der Waals surface area contributed by atoms with Crippen LogP contribution in [-0.4, -0.2) is 6.29 Å². The third kappa shape index (κ3) is 4.18. The highest BCUT2D eigenvalue weighted by atomic mass is 32.1. The van der Waals surface area contributed by atoms with E-state index in [9.17, 15) is 4.79 Å². The average Bonchev–Trinajstić information content (AvgIpc) is 2.76. The summed E-state index contributed by atoms with van der Waals surface area (Å²) in [5, 5.41) is 1.88. The number of nitrogens with two attached hydrogens (primary N) is 1. The van der Waals surface area contributed by atoms with Crippen molar-refractivity contribution >= 4 is 35.9 Å². The van der Waals surface area contributed by atoms with E-state index in [4.69, 9.17) is 5.73 Å². The number of benzene rings is 1. The summed E-state index contributed by atoms with van der Waals surface area (Å²) >= 11 is 5.53. The van der Waals surface area contributed by atoms with Crippen molar-refractivity contribution < 1.29 is 4.79 Å². The number of rotatable bonds is 1. The average molecular weight is 237 g/mol. The van der Waals surface area contributed by atoms with Crippen LogP contribution in [0.1, 0.15) is 9.67 Å². The summed E-state index contributed by atoms with van der Waals surface area (Å²) in [6, 6.07) is 11.1. The van der Waals surface area contributed by atoms with E-state index in [1.165, 1.54) is 11.3 Å². The van der Waals surface area contributed by atoms with Gasteiger partial charge in [-0.1, -0.05) is 18.2 Å². The highest BCUT2D eigenvalue weighted by molar-refractivity contribution is 7.80. The first-order chi connectivity index (χ1) is 7.24. The largest absolute Gasteiger partial charge is 0.398 e. The summed E-state index contributed by atoms with van der Waals surface area (Å²) < 4.78 is 0. The quantitative estimate of drug-likeness (QED) is 0.454. The molecule has 2 aromatic rings. The number of thiophene rings is 1. The Morgan fingerprint density at radius 1 is 1.20 bits per heavy atom. The molecule has 0 aliphatic rings. The van der Waals surface area contributed by atoms with Crippen LogP contribution in [0.3, 0.4) is 0 Å². The van der Waals surface area contributed by atoms with Crippen LogP contribution >= 0.6 is 24.0 Å². The van der Waals surface area contributed by atoms with Gasteiger partial charge in [0.2, 0.25) is 0 Å². The molecule has 0 saturated heterocycles. The molecule has 0 unspecified atom stereocenters. The maximum absolute atomic E-state index is 9.88. The van der Waals surface area contributed by atoms with Gasteiger partial charge in [-0.2, -0.15) is 0 Å². The monoisotopic (exact) mass is 237 g/mol. The molecule has 0 radical (unpaired) electrons. The van der Waals surface area contributed by atoms with Crippen molar-refractivity contribution in [2.75, 3.05) is 5.73 Å². The van der Waals surface area contributed by atoms with Crippen LogP contribution in [0.5, 0.6) is 0 Å². The minimum Gasteiger partial charge on any atom is -0.398 e. The first-order valence-corrected chi connectivity index (χ1v) is 5.59. The SMILES string of the molecule is Nc1ccccc1S.O=Cc1cccs1. The number of anilines is 1. The first kappa shape index (κ1) is 11.8. The molecule has 0 spiro atoms. The van der Waals surface area contributed by atoms with Gasteiger partial charge < -0.3 is 5.73 Å². The molecule has 1 aromatic heterocycles. The number of para-hydroxylation sites is 1. The third-order valence-electron chi connectivity index (χ3n) is 1.60. The fourth-order valence-electron chi connectivity index (χ4n) is 0.846. The number of nitrogen functional groups attached to an aromatic ring is 1. The van der Waals surface area contributed by atoms with Crippen LogP contribution in [0.25, 0.3) is 0 Å². The standard InChI is InChI=1S/C6H7NS.C5H4OS/c7-5-3-1-2-4-6(5)8;6-4-5-2-1-3-7-5/h1-4,8H,7H2;1-4H. The van der Waals surface area contributed by atoms with Crippen molar-refractivity contribution in [3.05, 3.63) is 46.7 Å². The Labute approximate surface area is 98.2 Å². The van der Waals surface area contributed by atoms with Crippen LogP contribution in [-0.2, 0) is 0 Å². The van der Waals surface area contributed by atoms with Gasteiger partial charge in [-0.25, -0.2) is 0 Å². The smallest absolute Gasteiger partial charge is 0.159 e. The minimum absolute atomic E-state index is 0.732. The molecule has 0 amide bonds. The summed E-state index contributed by atoms with van der Waals surface area (Å²) in [6.07, 6.45) is 0.852. The zero-order valence-corrected chi connectivity index (χ0v) is 9.67. The highest BCUT2D eigenvalue weighted by Crippen LogP contribution is 2.13. The number of carbonyl (C=O) groups excluding carboxylic acids is 1. The first-order valence-electron chi connectivity index (χ1n) is 4.26. The highest BCUT2D eigenvalue weighted by Gasteiger charge is 1.85. The second-order valence-corrected chi connectivity index (χ2v) is 4.15. The molecule has 0 saturated carbocycles. The summed E-state index contributed by atoms with van der Waals surface area (Å²) in [5.74, 6) is 0. The minimum atomic E-state index is 0.732. The van der Waals surface area contributed by atoms with E-state index in [2.05, 4.69) is 12.6 Å². The molecular formula is C11H11NOS2. The normalized spacial score (nSPS) is 8.87. The van der Waals surface area contributed by atoms with Crippen LogP contribution in [0.4, 0.5) is 5.69 Å². The van der Waals surface area contributed by atoms with E-state index in [1.807, 2.05) is 35.7 Å². The lowest BCUT2D eigenvalue weighted by atomic mass is 10.3. The third-order valence-corrected chi connectivity index (χ3v) is 2.80. The molecule has 78 valence electrons. The van der Waals surface area contributed by atoms with Gasteiger partial charge in [0.05, 0.1) is 4.88 Å². The Kier molecular flexibility index (Phi) is 4.93. The topological polar surface area (TPSA) is 43.1 Å². The summed E-state index contributed by atoms with van der Waals surface area (Å²) in [7, 11) is 0. The maximum Gasteiger partial charge on any atom is 0.159 e. The number of carbonyl (C=O) groups is 1. The molecule has 4 heteroatoms. The lowest BCUT2D eigenvalue weighted by Gasteiger charge is -1.92. The zero-order valence-electron chi connectivity index (χ0n) is 7.96. The van der Waals surface area contributed by atoms with E-state index in [1.54, 1.807) is 6.07 Å². The molecule has 15 heavy (non-hydrogen) atoms. The molecule has 2 N–H and O–H groups in total. The predicted molar refractivity (Wildman–Crippen MR) is 67.8 cm³/mol. The number of hydrogen-bond donors (Lipinski definition) is 2. The fraction of sp³-hybridized carbons (Fsp3) is 0. The molecule has 2 nitrogen and oxygen atoms in total. The van der Waals surface area contributed by atoms with Gasteiger partial charge in [-0.3, -0.25) is 4.79 Å². The predicted octanol–water partition coefficient (Wildman–Crippen LogP) is 3.12. The second kappa shape index (κ2) is 6.27. The number of hydrogen-bond acceptors (Lipinski definition) is 4. The van der Waals surface area contributed by atoms with Crippen LogP contribution in [0.2, 0.25) is 0 Å². The van der Waals surface area contributed by atoms with E-state index in [0.29, 0.717) is 0 Å². The number of aldehydes is 1. The molecule has 0 fully saturated rings. The lowest BCUT2D eigenvalue weighted by Crippen LogP contribution is -1.83. The fourth-order valence-corrected chi connectivity index (χ4v) is 1.53. The molecule has 1 aromatic carbocycles. The number of thiol groups is 1. The van der Waals surface area contributed by atoms with Gasteiger partial charge in [0.1, 0.15) is 0 Å². The van der Waals surface area contributed by atoms with Crippen molar-refractivity contribution in [1.82, 2.24) is 0 Å². The Balaban J connectivity index is 0.000000151. The molecule has 0 aliphatic carbocycles. The van der Waals surface area contributed by atoms with Crippen LogP contribution in [0, 0.1) is 0 Å². The van der Waals surface area contributed by atoms with Crippen molar-refractivity contribution in [3.63, 3.8) is 0 Å². The van der Waals surface area contributed by atoms with E-state index < -0.39 is 0 Å². The molecule has 1 heterocycles. The molecule has 0 aliphatic heterocycles. The van der Waals surface area contributed by atoms with Gasteiger partial charge in [0.25, 0.3) is 0 Å². The Hall–Kier alpha value is -1.26. The van der Waals surface area contributed by atoms with Crippen molar-refractivity contribution in [2.45, 2.75) is 4.90 Å². The second-order valence-electron chi connectivity index (χ2n) is 2.69. The lowest BCUT2D eigenvalue weighted by molar-refractivity contribution is 0.112. The van der Waals surface area contributed by atoms with Gasteiger partial charge in [0, 0.05) is 10.6 Å². The van der Waals surface area contributed by atoms with Gasteiger partial charge >= 0.3 is 0 Å². The van der Waals surface area contributed by atoms with Gasteiger partial charge in [0.15, 0.2) is 6.29 Å². The van der Waals surface area contributed by atoms with E-state index in [-0.39, 0.29) is 0 Å². The van der Waals surface area contributed by atoms with Crippen LogP contribution < -0.4 is 5.73 Å². The van der Waals surface area contributed by atoms with Crippen molar-refractivity contribution in [1.29, 1.82) is 0 Å². The Morgan fingerprint density at radius 3 is 2.27 bits per heavy atom. The van der Waals surface area contributed by atoms with Crippen molar-refractivity contribution in [2.24, 2.45) is 0 Å². The summed E-state index contributed by atoms with van der Waals surface area (Å²) in [5.41, 5.74) is 6.18. The maximum atomic E-state index is 9.88. The Morgan fingerprint density at radius 2 is 1.93 bits per heavy atom. The van der Waals surface area contributed by atoms with E-state index >= 15 is 0 Å². The summed E-state index contributed by atoms with van der Waals surface area (Å²) in [6.45, 7) is 0. The van der Waals surface area contributed by atoms with Gasteiger partial charge in [-0.15, -0.1) is 24.0 Å². The molecule has 0 atom stereocenters. The van der Waals surface area contributed by atoms with Crippen LogP contribution in [0.15, 0.2) is 46.7 Å². The Bertz CT molecular complexity index is 391. The molecular weight excluding hydrogens is 226 g/mol. The summed E-state index contributed by atoms with van der Waals surface area (Å²) in [4.78, 5) is 11.5.